The van der Waals surface area contributed by atoms with Gasteiger partial charge in [-0.25, -0.2) is 4.79 Å². The molecule has 1 aromatic carbocycles. The topological polar surface area (TPSA) is 64.6 Å². The number of urea groups is 1. The number of hydrogen-bond acceptors (Lipinski definition) is 3. The third-order valence-electron chi connectivity index (χ3n) is 3.90. The van der Waals surface area contributed by atoms with Crippen molar-refractivity contribution in [3.05, 3.63) is 35.9 Å². The first-order valence-electron chi connectivity index (χ1n) is 7.52. The number of carbonyl (C=O) groups is 1. The monoisotopic (exact) mass is 291 g/mol. The second-order valence-electron chi connectivity index (χ2n) is 5.96. The van der Waals surface area contributed by atoms with Crippen LogP contribution in [0.4, 0.5) is 4.79 Å². The highest BCUT2D eigenvalue weighted by Crippen LogP contribution is 2.18. The van der Waals surface area contributed by atoms with E-state index in [1.54, 1.807) is 6.92 Å². The molecule has 1 aromatic rings. The summed E-state index contributed by atoms with van der Waals surface area (Å²) in [7, 11) is 0. The van der Waals surface area contributed by atoms with Gasteiger partial charge in [-0.3, -0.25) is 4.90 Å². The maximum Gasteiger partial charge on any atom is 0.315 e. The van der Waals surface area contributed by atoms with Crippen molar-refractivity contribution in [3.63, 3.8) is 0 Å². The molecule has 3 N–H and O–H groups in total. The van der Waals surface area contributed by atoms with Gasteiger partial charge >= 0.3 is 6.03 Å². The van der Waals surface area contributed by atoms with Crippen LogP contribution >= 0.6 is 0 Å². The van der Waals surface area contributed by atoms with Gasteiger partial charge in [0, 0.05) is 25.7 Å². The fourth-order valence-corrected chi connectivity index (χ4v) is 2.71. The molecule has 21 heavy (non-hydrogen) atoms. The average molecular weight is 291 g/mol. The van der Waals surface area contributed by atoms with Gasteiger partial charge in [-0.2, -0.15) is 0 Å². The van der Waals surface area contributed by atoms with E-state index in [1.165, 1.54) is 5.56 Å². The Morgan fingerprint density at radius 2 is 2.10 bits per heavy atom. The molecule has 1 saturated heterocycles. The first-order chi connectivity index (χ1) is 10.1. The van der Waals surface area contributed by atoms with Gasteiger partial charge in [-0.15, -0.1) is 0 Å². The summed E-state index contributed by atoms with van der Waals surface area (Å²) in [6.45, 7) is 6.64. The molecule has 3 atom stereocenters. The van der Waals surface area contributed by atoms with Gasteiger partial charge in [0.25, 0.3) is 0 Å². The summed E-state index contributed by atoms with van der Waals surface area (Å²) < 4.78 is 0. The second kappa shape index (κ2) is 7.43. The smallest absolute Gasteiger partial charge is 0.315 e. The number of hydrogen-bond donors (Lipinski definition) is 3. The average Bonchev–Trinajstić information content (AvgIpc) is 2.79. The number of nitrogens with one attached hydrogen (secondary N) is 2. The Labute approximate surface area is 126 Å². The van der Waals surface area contributed by atoms with Crippen LogP contribution in [0.2, 0.25) is 0 Å². The Morgan fingerprint density at radius 3 is 2.76 bits per heavy atom. The molecular formula is C16H25N3O2. The minimum atomic E-state index is -0.220. The number of likely N-dealkylation sites (tertiary alicyclic amines) is 1. The van der Waals surface area contributed by atoms with E-state index in [4.69, 9.17) is 5.11 Å². The summed E-state index contributed by atoms with van der Waals surface area (Å²) in [5.74, 6) is 0.420. The van der Waals surface area contributed by atoms with Crippen LogP contribution < -0.4 is 10.6 Å². The van der Waals surface area contributed by atoms with Crippen molar-refractivity contribution >= 4 is 6.03 Å². The quantitative estimate of drug-likeness (QED) is 0.763. The predicted octanol–water partition coefficient (Wildman–Crippen LogP) is 1.19. The van der Waals surface area contributed by atoms with Crippen LogP contribution in [-0.4, -0.2) is 47.8 Å². The van der Waals surface area contributed by atoms with Crippen LogP contribution in [0, 0.1) is 5.92 Å². The van der Waals surface area contributed by atoms with Gasteiger partial charge in [0.15, 0.2) is 0 Å². The summed E-state index contributed by atoms with van der Waals surface area (Å²) in [6, 6.07) is 10.1. The van der Waals surface area contributed by atoms with Gasteiger partial charge < -0.3 is 15.7 Å². The van der Waals surface area contributed by atoms with Crippen LogP contribution in [0.3, 0.4) is 0 Å². The number of aliphatic hydroxyl groups is 1. The minimum absolute atomic E-state index is 0.0478. The van der Waals surface area contributed by atoms with Gasteiger partial charge in [0.2, 0.25) is 0 Å². The van der Waals surface area contributed by atoms with E-state index in [1.807, 2.05) is 18.2 Å². The molecule has 0 bridgehead atoms. The Kier molecular flexibility index (Phi) is 5.59. The second-order valence-corrected chi connectivity index (χ2v) is 5.96. The van der Waals surface area contributed by atoms with E-state index in [2.05, 4.69) is 34.6 Å². The molecule has 1 fully saturated rings. The third kappa shape index (κ3) is 4.72. The lowest BCUT2D eigenvalue weighted by Gasteiger charge is -2.19. The summed E-state index contributed by atoms with van der Waals surface area (Å²) in [5, 5.41) is 14.7. The Morgan fingerprint density at radius 1 is 1.38 bits per heavy atom. The SMILES string of the molecule is C[C@@H](CO)NC(=O)N[C@H]1CN(Cc2ccccc2)C[C@@H]1C. The van der Waals surface area contributed by atoms with Crippen LogP contribution in [-0.2, 0) is 6.54 Å². The zero-order chi connectivity index (χ0) is 15.2. The third-order valence-corrected chi connectivity index (χ3v) is 3.90. The lowest BCUT2D eigenvalue weighted by Crippen LogP contribution is -2.48. The van der Waals surface area contributed by atoms with Crippen molar-refractivity contribution < 1.29 is 9.90 Å². The maximum atomic E-state index is 11.8. The highest BCUT2D eigenvalue weighted by atomic mass is 16.3. The van der Waals surface area contributed by atoms with Crippen molar-refractivity contribution in [3.8, 4) is 0 Å². The predicted molar refractivity (Wildman–Crippen MR) is 82.9 cm³/mol. The number of nitrogens with zero attached hydrogens (tertiary/aromatic N) is 1. The van der Waals surface area contributed by atoms with Crippen molar-refractivity contribution in [2.45, 2.75) is 32.5 Å². The fourth-order valence-electron chi connectivity index (χ4n) is 2.71. The standard InChI is InChI=1S/C16H25N3O2/c1-12-8-19(9-14-6-4-3-5-7-14)10-15(12)18-16(21)17-13(2)11-20/h3-7,12-13,15,20H,8-11H2,1-2H3,(H2,17,18,21)/t12-,13-,15-/m0/s1. The van der Waals surface area contributed by atoms with Crippen molar-refractivity contribution in [2.24, 2.45) is 5.92 Å². The highest BCUT2D eigenvalue weighted by Gasteiger charge is 2.30. The molecular weight excluding hydrogens is 266 g/mol. The van der Waals surface area contributed by atoms with Crippen molar-refractivity contribution in [1.82, 2.24) is 15.5 Å². The van der Waals surface area contributed by atoms with E-state index < -0.39 is 0 Å². The van der Waals surface area contributed by atoms with Crippen LogP contribution in [0.15, 0.2) is 30.3 Å². The van der Waals surface area contributed by atoms with E-state index in [0.717, 1.165) is 19.6 Å². The molecule has 5 heteroatoms. The van der Waals surface area contributed by atoms with Gasteiger partial charge in [-0.05, 0) is 18.4 Å². The van der Waals surface area contributed by atoms with Gasteiger partial charge in [0.1, 0.15) is 0 Å². The Hall–Kier alpha value is -1.59. The van der Waals surface area contributed by atoms with E-state index >= 15 is 0 Å². The molecule has 5 nitrogen and oxygen atoms in total. The van der Waals surface area contributed by atoms with E-state index in [9.17, 15) is 4.79 Å². The van der Waals surface area contributed by atoms with Gasteiger partial charge in [-0.1, -0.05) is 37.3 Å². The first kappa shape index (κ1) is 15.8. The first-order valence-corrected chi connectivity index (χ1v) is 7.52. The lowest BCUT2D eigenvalue weighted by molar-refractivity contribution is 0.216. The molecule has 0 spiro atoms. The molecule has 0 aromatic heterocycles. The number of carbonyl (C=O) groups excluding carboxylic acids is 1. The Bertz CT molecular complexity index is 452. The number of amides is 2. The van der Waals surface area contributed by atoms with Gasteiger partial charge in [0.05, 0.1) is 12.6 Å². The molecule has 0 radical (unpaired) electrons. The normalized spacial score (nSPS) is 23.8. The van der Waals surface area contributed by atoms with E-state index in [0.29, 0.717) is 5.92 Å². The van der Waals surface area contributed by atoms with E-state index in [-0.39, 0.29) is 24.7 Å². The molecule has 2 rings (SSSR count). The zero-order valence-electron chi connectivity index (χ0n) is 12.7. The summed E-state index contributed by atoms with van der Waals surface area (Å²) in [4.78, 5) is 14.2. The van der Waals surface area contributed by atoms with Crippen LogP contribution in [0.5, 0.6) is 0 Å². The molecule has 1 aliphatic heterocycles. The molecule has 1 heterocycles. The molecule has 1 aliphatic rings. The summed E-state index contributed by atoms with van der Waals surface area (Å²) in [5.41, 5.74) is 1.30. The molecule has 0 unspecified atom stereocenters. The maximum absolute atomic E-state index is 11.8. The summed E-state index contributed by atoms with van der Waals surface area (Å²) >= 11 is 0. The fraction of sp³-hybridized carbons (Fsp3) is 0.562. The highest BCUT2D eigenvalue weighted by molar-refractivity contribution is 5.74. The number of benzene rings is 1. The zero-order valence-corrected chi connectivity index (χ0v) is 12.7. The van der Waals surface area contributed by atoms with Crippen molar-refractivity contribution in [2.75, 3.05) is 19.7 Å². The van der Waals surface area contributed by atoms with Crippen LogP contribution in [0.25, 0.3) is 0 Å². The minimum Gasteiger partial charge on any atom is -0.394 e. The number of aliphatic hydroxyl groups excluding tert-OH is 1. The molecule has 2 amide bonds. The van der Waals surface area contributed by atoms with Crippen LogP contribution in [0.1, 0.15) is 19.4 Å². The molecule has 0 aliphatic carbocycles. The molecule has 0 saturated carbocycles. The lowest BCUT2D eigenvalue weighted by atomic mass is 10.1. The summed E-state index contributed by atoms with van der Waals surface area (Å²) in [6.07, 6.45) is 0. The van der Waals surface area contributed by atoms with Crippen molar-refractivity contribution in [1.29, 1.82) is 0 Å². The Balaban J connectivity index is 1.82. The molecule has 116 valence electrons. The largest absolute Gasteiger partial charge is 0.394 e. The number of rotatable bonds is 5.